The van der Waals surface area contributed by atoms with E-state index in [2.05, 4.69) is 30.2 Å². The number of aromatic nitrogens is 4. The van der Waals surface area contributed by atoms with Crippen LogP contribution in [0, 0.1) is 6.92 Å². The van der Waals surface area contributed by atoms with Crippen LogP contribution in [0.4, 0.5) is 22.2 Å². The summed E-state index contributed by atoms with van der Waals surface area (Å²) >= 11 is 0. The van der Waals surface area contributed by atoms with Crippen molar-refractivity contribution in [3.05, 3.63) is 36.2 Å². The lowest BCUT2D eigenvalue weighted by molar-refractivity contribution is 0.199. The number of methoxy groups -OCH3 is 1. The smallest absolute Gasteiger partial charge is 0.322 e. The van der Waals surface area contributed by atoms with Gasteiger partial charge in [0.2, 0.25) is 11.8 Å². The van der Waals surface area contributed by atoms with Crippen molar-refractivity contribution in [3.8, 4) is 5.88 Å². The molecule has 4 rings (SSSR count). The van der Waals surface area contributed by atoms with Gasteiger partial charge in [-0.2, -0.15) is 4.98 Å². The number of pyridine rings is 2. The highest BCUT2D eigenvalue weighted by Crippen LogP contribution is 2.23. The first-order valence-electron chi connectivity index (χ1n) is 9.68. The molecule has 3 aromatic rings. The van der Waals surface area contributed by atoms with Gasteiger partial charge in [0.25, 0.3) is 0 Å². The van der Waals surface area contributed by atoms with Gasteiger partial charge in [-0.3, -0.25) is 4.98 Å². The Morgan fingerprint density at radius 3 is 2.80 bits per heavy atom. The van der Waals surface area contributed by atoms with Gasteiger partial charge >= 0.3 is 6.03 Å². The summed E-state index contributed by atoms with van der Waals surface area (Å²) in [5, 5.41) is 2.93. The van der Waals surface area contributed by atoms with Crippen molar-refractivity contribution in [3.63, 3.8) is 0 Å². The number of rotatable bonds is 3. The van der Waals surface area contributed by atoms with Crippen LogP contribution in [0.3, 0.4) is 0 Å². The van der Waals surface area contributed by atoms with E-state index < -0.39 is 0 Å². The van der Waals surface area contributed by atoms with Crippen molar-refractivity contribution in [1.29, 1.82) is 0 Å². The van der Waals surface area contributed by atoms with E-state index in [1.54, 1.807) is 30.3 Å². The number of aryl methyl sites for hydroxylation is 1. The molecule has 1 fully saturated rings. The Hall–Kier alpha value is -3.69. The van der Waals surface area contributed by atoms with Crippen LogP contribution in [-0.4, -0.2) is 63.7 Å². The van der Waals surface area contributed by atoms with Crippen molar-refractivity contribution in [1.82, 2.24) is 24.8 Å². The lowest BCUT2D eigenvalue weighted by Crippen LogP contribution is -2.55. The standard InChI is InChI=1S/C20H24N8O2/c1-12-11-27(20(29)25-14-6-7-16(30-3)23-13(14)2)9-10-28(12)19-24-15-5-4-8-22-17(15)18(21)26-19/h4-8,12H,9-11H2,1-3H3,(H,25,29)(H2,21,24,26)/t12-/m0/s1. The summed E-state index contributed by atoms with van der Waals surface area (Å²) in [6.45, 7) is 5.53. The fourth-order valence-electron chi connectivity index (χ4n) is 3.52. The third kappa shape index (κ3) is 3.76. The number of anilines is 3. The molecule has 0 aliphatic carbocycles. The summed E-state index contributed by atoms with van der Waals surface area (Å²) in [5.74, 6) is 1.42. The zero-order valence-corrected chi connectivity index (χ0v) is 17.2. The predicted octanol–water partition coefficient (Wildman–Crippen LogP) is 2.06. The largest absolute Gasteiger partial charge is 0.481 e. The minimum Gasteiger partial charge on any atom is -0.481 e. The topological polar surface area (TPSA) is 122 Å². The Labute approximate surface area is 174 Å². The SMILES string of the molecule is COc1ccc(NC(=O)N2CCN(c3nc(N)c4ncccc4n3)[C@@H](C)C2)c(C)n1. The van der Waals surface area contributed by atoms with Gasteiger partial charge in [0.15, 0.2) is 5.82 Å². The van der Waals surface area contributed by atoms with Gasteiger partial charge in [-0.1, -0.05) is 0 Å². The number of nitrogens with zero attached hydrogens (tertiary/aromatic N) is 6. The van der Waals surface area contributed by atoms with Crippen LogP contribution in [0.15, 0.2) is 30.5 Å². The number of nitrogens with one attached hydrogen (secondary N) is 1. The molecular formula is C20H24N8O2. The summed E-state index contributed by atoms with van der Waals surface area (Å²) in [7, 11) is 1.56. The molecule has 2 amide bonds. The maximum atomic E-state index is 12.8. The van der Waals surface area contributed by atoms with Crippen molar-refractivity contribution >= 4 is 34.5 Å². The van der Waals surface area contributed by atoms with Crippen LogP contribution in [-0.2, 0) is 0 Å². The molecule has 4 heterocycles. The first kappa shape index (κ1) is 19.6. The Bertz CT molecular complexity index is 1090. The summed E-state index contributed by atoms with van der Waals surface area (Å²) in [4.78, 5) is 34.2. The molecule has 30 heavy (non-hydrogen) atoms. The highest BCUT2D eigenvalue weighted by atomic mass is 16.5. The maximum absolute atomic E-state index is 12.8. The molecule has 0 bridgehead atoms. The molecule has 3 aromatic heterocycles. The second-order valence-corrected chi connectivity index (χ2v) is 7.19. The second-order valence-electron chi connectivity index (χ2n) is 7.19. The summed E-state index contributed by atoms with van der Waals surface area (Å²) in [6, 6.07) is 7.05. The third-order valence-corrected chi connectivity index (χ3v) is 5.15. The molecule has 3 N–H and O–H groups in total. The van der Waals surface area contributed by atoms with Crippen molar-refractivity contribution in [2.24, 2.45) is 0 Å². The average molecular weight is 408 g/mol. The Balaban J connectivity index is 1.46. The lowest BCUT2D eigenvalue weighted by atomic mass is 10.2. The molecule has 1 aliphatic rings. The van der Waals surface area contributed by atoms with Crippen LogP contribution < -0.4 is 20.7 Å². The number of hydrogen-bond donors (Lipinski definition) is 2. The van der Waals surface area contributed by atoms with Gasteiger partial charge in [0, 0.05) is 37.9 Å². The van der Waals surface area contributed by atoms with E-state index in [1.807, 2.05) is 26.0 Å². The molecule has 0 unspecified atom stereocenters. The van der Waals surface area contributed by atoms with Gasteiger partial charge in [-0.05, 0) is 32.0 Å². The van der Waals surface area contributed by atoms with Gasteiger partial charge < -0.3 is 25.6 Å². The van der Waals surface area contributed by atoms with Gasteiger partial charge in [0.05, 0.1) is 24.0 Å². The fraction of sp³-hybridized carbons (Fsp3) is 0.350. The number of fused-ring (bicyclic) bond motifs is 1. The Kier molecular flexibility index (Phi) is 5.21. The van der Waals surface area contributed by atoms with E-state index in [1.165, 1.54) is 0 Å². The van der Waals surface area contributed by atoms with Gasteiger partial charge in [0.1, 0.15) is 5.52 Å². The van der Waals surface area contributed by atoms with Crippen LogP contribution in [0.5, 0.6) is 5.88 Å². The molecule has 1 aliphatic heterocycles. The molecular weight excluding hydrogens is 384 g/mol. The zero-order chi connectivity index (χ0) is 21.3. The number of nitrogens with two attached hydrogens (primary N) is 1. The van der Waals surface area contributed by atoms with Crippen molar-refractivity contribution in [2.45, 2.75) is 19.9 Å². The van der Waals surface area contributed by atoms with Gasteiger partial charge in [-0.25, -0.2) is 14.8 Å². The normalized spacial score (nSPS) is 16.6. The molecule has 10 heteroatoms. The number of hydrogen-bond acceptors (Lipinski definition) is 8. The number of piperazine rings is 1. The molecule has 0 saturated carbocycles. The molecule has 0 radical (unpaired) electrons. The van der Waals surface area contributed by atoms with Crippen LogP contribution in [0.2, 0.25) is 0 Å². The first-order valence-corrected chi connectivity index (χ1v) is 9.68. The molecule has 10 nitrogen and oxygen atoms in total. The van der Waals surface area contributed by atoms with E-state index in [0.717, 1.165) is 0 Å². The van der Waals surface area contributed by atoms with Crippen molar-refractivity contribution in [2.75, 3.05) is 42.7 Å². The molecule has 0 spiro atoms. The summed E-state index contributed by atoms with van der Waals surface area (Å²) in [5.41, 5.74) is 8.73. The average Bonchev–Trinajstić information content (AvgIpc) is 2.75. The number of ether oxygens (including phenoxy) is 1. The molecule has 156 valence electrons. The van der Waals surface area contributed by atoms with E-state index >= 15 is 0 Å². The Morgan fingerprint density at radius 2 is 2.07 bits per heavy atom. The lowest BCUT2D eigenvalue weighted by Gasteiger charge is -2.39. The highest BCUT2D eigenvalue weighted by molar-refractivity contribution is 5.90. The summed E-state index contributed by atoms with van der Waals surface area (Å²) in [6.07, 6.45) is 1.67. The fourth-order valence-corrected chi connectivity index (χ4v) is 3.52. The van der Waals surface area contributed by atoms with Crippen LogP contribution >= 0.6 is 0 Å². The van der Waals surface area contributed by atoms with E-state index in [4.69, 9.17) is 10.5 Å². The van der Waals surface area contributed by atoms with Crippen LogP contribution in [0.25, 0.3) is 11.0 Å². The molecule has 1 saturated heterocycles. The molecule has 0 aromatic carbocycles. The Morgan fingerprint density at radius 1 is 1.23 bits per heavy atom. The monoisotopic (exact) mass is 408 g/mol. The third-order valence-electron chi connectivity index (χ3n) is 5.15. The number of urea groups is 1. The minimum atomic E-state index is -0.167. The minimum absolute atomic E-state index is 0.0214. The van der Waals surface area contributed by atoms with E-state index in [-0.39, 0.29) is 12.1 Å². The second kappa shape index (κ2) is 7.97. The number of carbonyl (C=O) groups is 1. The van der Waals surface area contributed by atoms with Crippen molar-refractivity contribution < 1.29 is 9.53 Å². The predicted molar refractivity (Wildman–Crippen MR) is 115 cm³/mol. The quantitative estimate of drug-likeness (QED) is 0.675. The van der Waals surface area contributed by atoms with E-state index in [9.17, 15) is 4.79 Å². The first-order chi connectivity index (χ1) is 14.5. The highest BCUT2D eigenvalue weighted by Gasteiger charge is 2.29. The number of carbonyl (C=O) groups excluding carboxylic acids is 1. The molecule has 1 atom stereocenters. The number of nitrogen functional groups attached to an aromatic ring is 1. The van der Waals surface area contributed by atoms with Gasteiger partial charge in [-0.15, -0.1) is 0 Å². The van der Waals surface area contributed by atoms with Crippen LogP contribution in [0.1, 0.15) is 12.6 Å². The number of amides is 2. The summed E-state index contributed by atoms with van der Waals surface area (Å²) < 4.78 is 5.11. The zero-order valence-electron chi connectivity index (χ0n) is 17.2. The van der Waals surface area contributed by atoms with E-state index in [0.29, 0.717) is 59.7 Å². The maximum Gasteiger partial charge on any atom is 0.322 e.